The van der Waals surface area contributed by atoms with E-state index in [2.05, 4.69) is 10.3 Å². The highest BCUT2D eigenvalue weighted by molar-refractivity contribution is 7.09. The van der Waals surface area contributed by atoms with Crippen molar-refractivity contribution in [2.45, 2.75) is 6.42 Å². The predicted octanol–water partition coefficient (Wildman–Crippen LogP) is 2.01. The molecule has 0 atom stereocenters. The number of hydrogen-bond donors (Lipinski definition) is 2. The Morgan fingerprint density at radius 1 is 1.45 bits per heavy atom. The Balaban J connectivity index is 0.00000242. The van der Waals surface area contributed by atoms with E-state index in [1.54, 1.807) is 17.5 Å². The summed E-state index contributed by atoms with van der Waals surface area (Å²) in [5.74, 6) is -0.174. The molecule has 2 aromatic rings. The Labute approximate surface area is 138 Å². The summed E-state index contributed by atoms with van der Waals surface area (Å²) in [6.07, 6.45) is 0.667. The second-order valence-corrected chi connectivity index (χ2v) is 5.17. The molecule has 0 unspecified atom stereocenters. The summed E-state index contributed by atoms with van der Waals surface area (Å²) < 4.78 is 18.3. The van der Waals surface area contributed by atoms with Gasteiger partial charge in [-0.2, -0.15) is 0 Å². The number of amides is 1. The maximum atomic E-state index is 12.9. The number of nitrogens with two attached hydrogens (primary N) is 1. The lowest BCUT2D eigenvalue weighted by Crippen LogP contribution is -2.28. The monoisotopic (exact) mass is 345 g/mol. The fourth-order valence-electron chi connectivity index (χ4n) is 1.63. The number of carbonyl (C=O) groups is 1. The van der Waals surface area contributed by atoms with Gasteiger partial charge in [0.1, 0.15) is 23.9 Å². The third kappa shape index (κ3) is 5.59. The number of nitrogens with zero attached hydrogens (tertiary/aromatic N) is 1. The molecule has 1 heterocycles. The minimum Gasteiger partial charge on any atom is -0.492 e. The van der Waals surface area contributed by atoms with Crippen molar-refractivity contribution in [1.82, 2.24) is 10.3 Å². The molecule has 0 spiro atoms. The van der Waals surface area contributed by atoms with Crippen LogP contribution in [0.15, 0.2) is 29.6 Å². The van der Waals surface area contributed by atoms with Crippen molar-refractivity contribution in [3.63, 3.8) is 0 Å². The van der Waals surface area contributed by atoms with E-state index in [1.165, 1.54) is 23.5 Å². The van der Waals surface area contributed by atoms with Gasteiger partial charge in [0.2, 0.25) is 0 Å². The lowest BCUT2D eigenvalue weighted by Gasteiger charge is -2.06. The molecule has 120 valence electrons. The van der Waals surface area contributed by atoms with Crippen LogP contribution in [-0.2, 0) is 6.42 Å². The Kier molecular flexibility index (Phi) is 7.79. The maximum Gasteiger partial charge on any atom is 0.270 e. The largest absolute Gasteiger partial charge is 0.492 e. The van der Waals surface area contributed by atoms with Gasteiger partial charge in [-0.1, -0.05) is 6.07 Å². The molecule has 1 aromatic heterocycles. The van der Waals surface area contributed by atoms with Crippen molar-refractivity contribution in [2.75, 3.05) is 19.7 Å². The van der Waals surface area contributed by atoms with E-state index in [4.69, 9.17) is 10.5 Å². The second kappa shape index (κ2) is 9.34. The van der Waals surface area contributed by atoms with Crippen LogP contribution < -0.4 is 15.8 Å². The van der Waals surface area contributed by atoms with E-state index in [0.29, 0.717) is 31.0 Å². The molecule has 8 heteroatoms. The minimum absolute atomic E-state index is 0. The molecule has 22 heavy (non-hydrogen) atoms. The molecule has 1 amide bonds. The van der Waals surface area contributed by atoms with Gasteiger partial charge in [0.25, 0.3) is 5.91 Å². The fraction of sp³-hybridized carbons (Fsp3) is 0.286. The molecule has 0 radical (unpaired) electrons. The van der Waals surface area contributed by atoms with Crippen molar-refractivity contribution in [2.24, 2.45) is 5.73 Å². The number of benzene rings is 1. The van der Waals surface area contributed by atoms with Crippen molar-refractivity contribution in [3.05, 3.63) is 46.2 Å². The van der Waals surface area contributed by atoms with Crippen molar-refractivity contribution < 1.29 is 13.9 Å². The smallest absolute Gasteiger partial charge is 0.270 e. The average Bonchev–Trinajstić information content (AvgIpc) is 2.93. The predicted molar refractivity (Wildman–Crippen MR) is 86.3 cm³/mol. The summed E-state index contributed by atoms with van der Waals surface area (Å²) >= 11 is 1.42. The summed E-state index contributed by atoms with van der Waals surface area (Å²) in [5, 5.41) is 5.24. The third-order valence-electron chi connectivity index (χ3n) is 2.60. The highest BCUT2D eigenvalue weighted by atomic mass is 35.5. The average molecular weight is 346 g/mol. The van der Waals surface area contributed by atoms with Gasteiger partial charge in [-0.05, 0) is 18.7 Å². The van der Waals surface area contributed by atoms with Gasteiger partial charge < -0.3 is 15.8 Å². The topological polar surface area (TPSA) is 77.2 Å². The number of hydrogen-bond acceptors (Lipinski definition) is 5. The van der Waals surface area contributed by atoms with E-state index >= 15 is 0 Å². The number of rotatable bonds is 7. The highest BCUT2D eigenvalue weighted by Crippen LogP contribution is 2.12. The Hall–Kier alpha value is -1.70. The van der Waals surface area contributed by atoms with Crippen LogP contribution in [0.4, 0.5) is 4.39 Å². The van der Waals surface area contributed by atoms with Crippen LogP contribution in [0, 0.1) is 5.82 Å². The summed E-state index contributed by atoms with van der Waals surface area (Å²) in [6, 6.07) is 5.86. The molecule has 0 bridgehead atoms. The van der Waals surface area contributed by atoms with Crippen LogP contribution in [-0.4, -0.2) is 30.6 Å². The number of aromatic nitrogens is 1. The number of thiazole rings is 1. The zero-order valence-electron chi connectivity index (χ0n) is 11.8. The van der Waals surface area contributed by atoms with E-state index in [9.17, 15) is 9.18 Å². The quantitative estimate of drug-likeness (QED) is 0.753. The maximum absolute atomic E-state index is 12.9. The normalized spacial score (nSPS) is 9.91. The van der Waals surface area contributed by atoms with Gasteiger partial charge in [0.15, 0.2) is 0 Å². The molecular formula is C14H17ClFN3O2S. The van der Waals surface area contributed by atoms with Crippen LogP contribution in [0.3, 0.4) is 0 Å². The SMILES string of the molecule is Cl.NCCc1nc(C(=O)NCCOc2cccc(F)c2)cs1. The van der Waals surface area contributed by atoms with Crippen LogP contribution in [0.25, 0.3) is 0 Å². The third-order valence-corrected chi connectivity index (χ3v) is 3.50. The lowest BCUT2D eigenvalue weighted by molar-refractivity contribution is 0.0942. The van der Waals surface area contributed by atoms with Crippen LogP contribution in [0.2, 0.25) is 0 Å². The zero-order valence-corrected chi connectivity index (χ0v) is 13.4. The van der Waals surface area contributed by atoms with Gasteiger partial charge >= 0.3 is 0 Å². The van der Waals surface area contributed by atoms with Gasteiger partial charge in [0.05, 0.1) is 11.6 Å². The summed E-state index contributed by atoms with van der Waals surface area (Å²) in [4.78, 5) is 16.0. The van der Waals surface area contributed by atoms with Gasteiger partial charge in [-0.25, -0.2) is 9.37 Å². The van der Waals surface area contributed by atoms with Crippen molar-refractivity contribution in [3.8, 4) is 5.75 Å². The molecule has 0 aliphatic rings. The minimum atomic E-state index is -0.355. The lowest BCUT2D eigenvalue weighted by atomic mass is 10.3. The molecule has 0 aliphatic heterocycles. The van der Waals surface area contributed by atoms with Gasteiger partial charge in [-0.15, -0.1) is 23.7 Å². The van der Waals surface area contributed by atoms with E-state index < -0.39 is 0 Å². The number of ether oxygens (including phenoxy) is 1. The number of halogens is 2. The first-order chi connectivity index (χ1) is 10.2. The number of nitrogens with one attached hydrogen (secondary N) is 1. The Morgan fingerprint density at radius 3 is 3.00 bits per heavy atom. The molecule has 5 nitrogen and oxygen atoms in total. The molecular weight excluding hydrogens is 329 g/mol. The number of carbonyl (C=O) groups excluding carboxylic acids is 1. The van der Waals surface area contributed by atoms with E-state index in [-0.39, 0.29) is 30.7 Å². The molecule has 3 N–H and O–H groups in total. The molecule has 0 aliphatic carbocycles. The zero-order chi connectivity index (χ0) is 15.1. The summed E-state index contributed by atoms with van der Waals surface area (Å²) in [5.41, 5.74) is 5.82. The molecule has 0 fully saturated rings. The van der Waals surface area contributed by atoms with Crippen LogP contribution in [0.1, 0.15) is 15.5 Å². The van der Waals surface area contributed by atoms with Gasteiger partial charge in [-0.3, -0.25) is 4.79 Å². The summed E-state index contributed by atoms with van der Waals surface area (Å²) in [6.45, 7) is 1.09. The van der Waals surface area contributed by atoms with E-state index in [0.717, 1.165) is 5.01 Å². The van der Waals surface area contributed by atoms with Crippen molar-refractivity contribution in [1.29, 1.82) is 0 Å². The first-order valence-electron chi connectivity index (χ1n) is 6.50. The Bertz CT molecular complexity index is 609. The first-order valence-corrected chi connectivity index (χ1v) is 7.38. The van der Waals surface area contributed by atoms with Gasteiger partial charge in [0, 0.05) is 17.9 Å². The second-order valence-electron chi connectivity index (χ2n) is 4.23. The molecule has 2 rings (SSSR count). The standard InChI is InChI=1S/C14H16FN3O2S.ClH/c15-10-2-1-3-11(8-10)20-7-6-17-14(19)12-9-21-13(18-12)4-5-16;/h1-3,8-9H,4-7,16H2,(H,17,19);1H. The first kappa shape index (κ1) is 18.3. The van der Waals surface area contributed by atoms with Crippen LogP contribution >= 0.6 is 23.7 Å². The molecule has 0 saturated heterocycles. The molecule has 1 aromatic carbocycles. The fourth-order valence-corrected chi connectivity index (χ4v) is 2.43. The summed E-state index contributed by atoms with van der Waals surface area (Å²) in [7, 11) is 0. The Morgan fingerprint density at radius 2 is 2.27 bits per heavy atom. The highest BCUT2D eigenvalue weighted by Gasteiger charge is 2.09. The molecule has 0 saturated carbocycles. The van der Waals surface area contributed by atoms with Crippen molar-refractivity contribution >= 4 is 29.7 Å². The van der Waals surface area contributed by atoms with Crippen LogP contribution in [0.5, 0.6) is 5.75 Å². The van der Waals surface area contributed by atoms with E-state index in [1.807, 2.05) is 0 Å².